The van der Waals surface area contributed by atoms with E-state index in [0.29, 0.717) is 19.6 Å². The highest BCUT2D eigenvalue weighted by Gasteiger charge is 2.38. The monoisotopic (exact) mass is 226 g/mol. The maximum Gasteiger partial charge on any atom is 0.309 e. The van der Waals surface area contributed by atoms with Crippen molar-refractivity contribution >= 4 is 5.97 Å². The molecule has 0 bridgehead atoms. The van der Waals surface area contributed by atoms with Gasteiger partial charge in [-0.25, -0.2) is 0 Å². The van der Waals surface area contributed by atoms with Gasteiger partial charge in [0.05, 0.1) is 26.7 Å². The number of ether oxygens (including phenoxy) is 3. The Bertz CT molecular complexity index is 277. The highest BCUT2D eigenvalue weighted by atomic mass is 16.7. The summed E-state index contributed by atoms with van der Waals surface area (Å²) >= 11 is 0. The highest BCUT2D eigenvalue weighted by Crippen LogP contribution is 2.37. The quantitative estimate of drug-likeness (QED) is 0.532. The fraction of sp³-hybridized carbons (Fsp3) is 0.750. The molecule has 0 aromatic heterocycles. The second-order valence-electron chi connectivity index (χ2n) is 4.25. The zero-order valence-electron chi connectivity index (χ0n) is 9.66. The van der Waals surface area contributed by atoms with E-state index in [1.54, 1.807) is 0 Å². The third-order valence-electron chi connectivity index (χ3n) is 3.25. The van der Waals surface area contributed by atoms with E-state index < -0.39 is 0 Å². The van der Waals surface area contributed by atoms with Crippen LogP contribution >= 0.6 is 0 Å². The van der Waals surface area contributed by atoms with Gasteiger partial charge in [0.2, 0.25) is 0 Å². The second kappa shape index (κ2) is 4.97. The number of carbonyl (C=O) groups excluding carboxylic acids is 1. The second-order valence-corrected chi connectivity index (χ2v) is 4.25. The molecule has 0 aromatic carbocycles. The van der Waals surface area contributed by atoms with Gasteiger partial charge in [-0.2, -0.15) is 0 Å². The Balaban J connectivity index is 1.82. The Morgan fingerprint density at radius 2 is 2.00 bits per heavy atom. The largest absolute Gasteiger partial charge is 0.469 e. The standard InChI is InChI=1S/C12H18O4/c1-14-11(13)3-2-10-4-6-12(7-5-10)15-8-9-16-12/h2H,3-9H2,1H3. The van der Waals surface area contributed by atoms with Gasteiger partial charge in [0, 0.05) is 12.8 Å². The van der Waals surface area contributed by atoms with Gasteiger partial charge in [0.15, 0.2) is 5.79 Å². The first-order valence-corrected chi connectivity index (χ1v) is 5.77. The Kier molecular flexibility index (Phi) is 3.61. The van der Waals surface area contributed by atoms with Crippen LogP contribution in [0.5, 0.6) is 0 Å². The van der Waals surface area contributed by atoms with Crippen molar-refractivity contribution in [1.82, 2.24) is 0 Å². The van der Waals surface area contributed by atoms with Crippen molar-refractivity contribution in [3.63, 3.8) is 0 Å². The number of methoxy groups -OCH3 is 1. The number of rotatable bonds is 2. The van der Waals surface area contributed by atoms with E-state index in [9.17, 15) is 4.79 Å². The first kappa shape index (κ1) is 11.6. The summed E-state index contributed by atoms with van der Waals surface area (Å²) in [5.41, 5.74) is 1.31. The molecule has 0 N–H and O–H groups in total. The van der Waals surface area contributed by atoms with Crippen LogP contribution < -0.4 is 0 Å². The fourth-order valence-corrected chi connectivity index (χ4v) is 2.25. The van der Waals surface area contributed by atoms with Gasteiger partial charge in [0.25, 0.3) is 0 Å². The lowest BCUT2D eigenvalue weighted by Crippen LogP contribution is -2.33. The van der Waals surface area contributed by atoms with Gasteiger partial charge in [-0.15, -0.1) is 0 Å². The molecule has 0 aromatic rings. The third-order valence-corrected chi connectivity index (χ3v) is 3.25. The number of hydrogen-bond acceptors (Lipinski definition) is 4. The summed E-state index contributed by atoms with van der Waals surface area (Å²) < 4.78 is 15.9. The van der Waals surface area contributed by atoms with Gasteiger partial charge in [-0.1, -0.05) is 11.6 Å². The first-order valence-electron chi connectivity index (χ1n) is 5.77. The van der Waals surface area contributed by atoms with Gasteiger partial charge >= 0.3 is 5.97 Å². The number of allylic oxidation sites excluding steroid dienone is 1. The molecule has 1 saturated heterocycles. The Labute approximate surface area is 95.6 Å². The summed E-state index contributed by atoms with van der Waals surface area (Å²) in [4.78, 5) is 11.0. The Hall–Kier alpha value is -0.870. The summed E-state index contributed by atoms with van der Waals surface area (Å²) in [6, 6.07) is 0. The van der Waals surface area contributed by atoms with E-state index in [1.807, 2.05) is 6.08 Å². The Morgan fingerprint density at radius 3 is 2.56 bits per heavy atom. The summed E-state index contributed by atoms with van der Waals surface area (Å²) in [5, 5.41) is 0. The van der Waals surface area contributed by atoms with Crippen molar-refractivity contribution in [2.45, 2.75) is 37.9 Å². The van der Waals surface area contributed by atoms with Crippen molar-refractivity contribution in [2.24, 2.45) is 0 Å². The minimum atomic E-state index is -0.317. The summed E-state index contributed by atoms with van der Waals surface area (Å²) in [5.74, 6) is -0.496. The van der Waals surface area contributed by atoms with Crippen LogP contribution in [0.1, 0.15) is 32.1 Å². The summed E-state index contributed by atoms with van der Waals surface area (Å²) in [6.07, 6.45) is 6.07. The predicted octanol–water partition coefficient (Wildman–Crippen LogP) is 1.79. The average molecular weight is 226 g/mol. The van der Waals surface area contributed by atoms with Gasteiger partial charge in [-0.05, 0) is 12.8 Å². The molecule has 4 heteroatoms. The van der Waals surface area contributed by atoms with Crippen LogP contribution in [0, 0.1) is 0 Å². The molecule has 0 amide bonds. The van der Waals surface area contributed by atoms with Crippen molar-refractivity contribution in [3.8, 4) is 0 Å². The molecule has 2 fully saturated rings. The third kappa shape index (κ3) is 2.62. The highest BCUT2D eigenvalue weighted by molar-refractivity contribution is 5.71. The fourth-order valence-electron chi connectivity index (χ4n) is 2.25. The molecule has 90 valence electrons. The number of hydrogen-bond donors (Lipinski definition) is 0. The molecule has 2 aliphatic rings. The van der Waals surface area contributed by atoms with Gasteiger partial charge in [0.1, 0.15) is 0 Å². The molecule has 0 unspecified atom stereocenters. The molecule has 0 atom stereocenters. The lowest BCUT2D eigenvalue weighted by molar-refractivity contribution is -0.171. The van der Waals surface area contributed by atoms with Crippen LogP contribution in [0.4, 0.5) is 0 Å². The smallest absolute Gasteiger partial charge is 0.309 e. The van der Waals surface area contributed by atoms with Crippen LogP contribution in [-0.2, 0) is 19.0 Å². The molecule has 4 nitrogen and oxygen atoms in total. The molecular weight excluding hydrogens is 208 g/mol. The molecule has 2 rings (SSSR count). The minimum absolute atomic E-state index is 0.179. The topological polar surface area (TPSA) is 44.8 Å². The van der Waals surface area contributed by atoms with Gasteiger partial charge in [-0.3, -0.25) is 4.79 Å². The number of carbonyl (C=O) groups is 1. The van der Waals surface area contributed by atoms with Crippen LogP contribution in [0.25, 0.3) is 0 Å². The zero-order chi connectivity index (χ0) is 11.4. The molecular formula is C12H18O4. The molecule has 1 aliphatic carbocycles. The van der Waals surface area contributed by atoms with Crippen molar-refractivity contribution < 1.29 is 19.0 Å². The molecule has 1 heterocycles. The SMILES string of the molecule is COC(=O)CC=C1CCC2(CC1)OCCO2. The van der Waals surface area contributed by atoms with E-state index in [-0.39, 0.29) is 11.8 Å². The van der Waals surface area contributed by atoms with E-state index in [2.05, 4.69) is 4.74 Å². The van der Waals surface area contributed by atoms with E-state index in [1.165, 1.54) is 12.7 Å². The molecule has 16 heavy (non-hydrogen) atoms. The molecule has 1 saturated carbocycles. The first-order chi connectivity index (χ1) is 7.74. The maximum atomic E-state index is 11.0. The van der Waals surface area contributed by atoms with Gasteiger partial charge < -0.3 is 14.2 Å². The van der Waals surface area contributed by atoms with Crippen molar-refractivity contribution in [2.75, 3.05) is 20.3 Å². The van der Waals surface area contributed by atoms with Crippen LogP contribution in [0.2, 0.25) is 0 Å². The zero-order valence-corrected chi connectivity index (χ0v) is 9.66. The normalized spacial score (nSPS) is 23.4. The molecule has 0 radical (unpaired) electrons. The van der Waals surface area contributed by atoms with Crippen LogP contribution in [-0.4, -0.2) is 32.1 Å². The van der Waals surface area contributed by atoms with Crippen LogP contribution in [0.15, 0.2) is 11.6 Å². The lowest BCUT2D eigenvalue weighted by atomic mass is 9.89. The summed E-state index contributed by atoms with van der Waals surface area (Å²) in [6.45, 7) is 1.42. The Morgan fingerprint density at radius 1 is 1.38 bits per heavy atom. The molecule has 1 spiro atoms. The van der Waals surface area contributed by atoms with Crippen LogP contribution in [0.3, 0.4) is 0 Å². The number of esters is 1. The van der Waals surface area contributed by atoms with E-state index in [0.717, 1.165) is 25.7 Å². The van der Waals surface area contributed by atoms with Crippen molar-refractivity contribution in [1.29, 1.82) is 0 Å². The molecule has 1 aliphatic heterocycles. The maximum absolute atomic E-state index is 11.0. The minimum Gasteiger partial charge on any atom is -0.469 e. The lowest BCUT2D eigenvalue weighted by Gasteiger charge is -2.32. The predicted molar refractivity (Wildman–Crippen MR) is 57.8 cm³/mol. The average Bonchev–Trinajstić information content (AvgIpc) is 2.77. The van der Waals surface area contributed by atoms with Crippen molar-refractivity contribution in [3.05, 3.63) is 11.6 Å². The summed E-state index contributed by atoms with van der Waals surface area (Å²) in [7, 11) is 1.41. The van der Waals surface area contributed by atoms with E-state index in [4.69, 9.17) is 9.47 Å². The van der Waals surface area contributed by atoms with E-state index >= 15 is 0 Å².